The number of likely N-dealkylation sites (tertiary alicyclic amines) is 1. The van der Waals surface area contributed by atoms with Crippen LogP contribution in [0.5, 0.6) is 0 Å². The fraction of sp³-hybridized carbons (Fsp3) is 0.588. The Balaban J connectivity index is 1.85. The highest BCUT2D eigenvalue weighted by Crippen LogP contribution is 2.46. The van der Waals surface area contributed by atoms with E-state index in [1.165, 1.54) is 4.90 Å². The van der Waals surface area contributed by atoms with E-state index in [0.717, 1.165) is 4.90 Å². The predicted molar refractivity (Wildman–Crippen MR) is 88.3 cm³/mol. The van der Waals surface area contributed by atoms with E-state index in [1.54, 1.807) is 43.5 Å². The van der Waals surface area contributed by atoms with Gasteiger partial charge in [-0.05, 0) is 32.6 Å². The highest BCUT2D eigenvalue weighted by Gasteiger charge is 2.57. The quantitative estimate of drug-likeness (QED) is 0.821. The van der Waals surface area contributed by atoms with Gasteiger partial charge in [-0.1, -0.05) is 0 Å². The summed E-state index contributed by atoms with van der Waals surface area (Å²) >= 11 is 0. The molecular formula is C17H22F2N4O2. The maximum atomic E-state index is 14.4. The van der Waals surface area contributed by atoms with Crippen LogP contribution in [0.15, 0.2) is 24.5 Å². The molecule has 3 rings (SSSR count). The van der Waals surface area contributed by atoms with Crippen LogP contribution in [0, 0.1) is 5.41 Å². The first kappa shape index (κ1) is 17.7. The Kier molecular flexibility index (Phi) is 4.49. The minimum absolute atomic E-state index is 0.0465. The molecule has 136 valence electrons. The molecule has 2 amide bonds. The van der Waals surface area contributed by atoms with Gasteiger partial charge in [-0.15, -0.1) is 0 Å². The number of carbonyl (C=O) groups is 2. The zero-order valence-corrected chi connectivity index (χ0v) is 14.4. The Morgan fingerprint density at radius 2 is 2.12 bits per heavy atom. The van der Waals surface area contributed by atoms with Gasteiger partial charge in [-0.3, -0.25) is 14.6 Å². The lowest BCUT2D eigenvalue weighted by Gasteiger charge is -2.43. The minimum Gasteiger partial charge on any atom is -0.334 e. The van der Waals surface area contributed by atoms with Crippen molar-refractivity contribution in [2.75, 3.05) is 45.2 Å². The number of halogens is 2. The van der Waals surface area contributed by atoms with Crippen LogP contribution in [-0.2, 0) is 9.59 Å². The second-order valence-corrected chi connectivity index (χ2v) is 7.22. The van der Waals surface area contributed by atoms with Crippen LogP contribution in [0.4, 0.5) is 14.5 Å². The summed E-state index contributed by atoms with van der Waals surface area (Å²) < 4.78 is 28.7. The van der Waals surface area contributed by atoms with Crippen LogP contribution in [0.3, 0.4) is 0 Å². The first-order valence-corrected chi connectivity index (χ1v) is 8.25. The molecule has 0 saturated carbocycles. The van der Waals surface area contributed by atoms with Crippen molar-refractivity contribution in [3.8, 4) is 0 Å². The third-order valence-corrected chi connectivity index (χ3v) is 4.79. The number of aromatic nitrogens is 1. The van der Waals surface area contributed by atoms with E-state index in [9.17, 15) is 18.4 Å². The monoisotopic (exact) mass is 352 g/mol. The number of nitrogens with zero attached hydrogens (tertiary/aromatic N) is 4. The topological polar surface area (TPSA) is 56.8 Å². The smallest absolute Gasteiger partial charge is 0.266 e. The lowest BCUT2D eigenvalue weighted by molar-refractivity contribution is -0.159. The van der Waals surface area contributed by atoms with E-state index >= 15 is 0 Å². The summed E-state index contributed by atoms with van der Waals surface area (Å²) in [6.07, 6.45) is 2.94. The summed E-state index contributed by atoms with van der Waals surface area (Å²) in [6.45, 7) is -0.171. The van der Waals surface area contributed by atoms with E-state index in [2.05, 4.69) is 4.98 Å². The lowest BCUT2D eigenvalue weighted by Crippen LogP contribution is -2.58. The van der Waals surface area contributed by atoms with E-state index < -0.39 is 24.3 Å². The summed E-state index contributed by atoms with van der Waals surface area (Å²) in [4.78, 5) is 33.6. The van der Waals surface area contributed by atoms with E-state index in [-0.39, 0.29) is 24.9 Å². The van der Waals surface area contributed by atoms with Crippen molar-refractivity contribution in [3.05, 3.63) is 24.5 Å². The number of hydrogen-bond donors (Lipinski definition) is 0. The molecule has 6 nitrogen and oxygen atoms in total. The second kappa shape index (κ2) is 6.33. The Bertz CT molecular complexity index is 668. The first-order valence-electron chi connectivity index (χ1n) is 8.25. The van der Waals surface area contributed by atoms with Crippen molar-refractivity contribution < 1.29 is 18.4 Å². The number of anilines is 1. The minimum atomic E-state index is -3.07. The Hall–Kier alpha value is -2.09. The Labute approximate surface area is 145 Å². The number of pyridine rings is 1. The molecule has 3 heterocycles. The summed E-state index contributed by atoms with van der Waals surface area (Å²) in [5.41, 5.74) is -0.621. The molecule has 1 aromatic heterocycles. The van der Waals surface area contributed by atoms with Crippen molar-refractivity contribution in [2.45, 2.75) is 18.8 Å². The summed E-state index contributed by atoms with van der Waals surface area (Å²) in [7, 11) is 3.42. The van der Waals surface area contributed by atoms with Crippen molar-refractivity contribution in [3.63, 3.8) is 0 Å². The number of likely N-dealkylation sites (N-methyl/N-ethyl adjacent to an activating group) is 1. The molecule has 8 heteroatoms. The molecule has 0 aromatic carbocycles. The van der Waals surface area contributed by atoms with Crippen LogP contribution in [-0.4, -0.2) is 72.8 Å². The molecule has 2 aliphatic heterocycles. The summed E-state index contributed by atoms with van der Waals surface area (Å²) in [5, 5.41) is 0. The van der Waals surface area contributed by atoms with E-state index in [1.807, 2.05) is 0 Å². The fourth-order valence-corrected chi connectivity index (χ4v) is 3.75. The van der Waals surface area contributed by atoms with Crippen molar-refractivity contribution in [2.24, 2.45) is 5.41 Å². The molecule has 25 heavy (non-hydrogen) atoms. The molecule has 2 aliphatic rings. The number of carbonyl (C=O) groups excluding carboxylic acids is 2. The zero-order chi connectivity index (χ0) is 18.2. The maximum Gasteiger partial charge on any atom is 0.266 e. The molecule has 2 fully saturated rings. The number of amides is 2. The number of hydrogen-bond acceptors (Lipinski definition) is 4. The number of rotatable bonds is 3. The molecule has 1 spiro atoms. The first-order chi connectivity index (χ1) is 11.7. The lowest BCUT2D eigenvalue weighted by atomic mass is 9.77. The van der Waals surface area contributed by atoms with Crippen molar-refractivity contribution >= 4 is 17.5 Å². The molecular weight excluding hydrogens is 330 g/mol. The molecule has 0 aliphatic carbocycles. The van der Waals surface area contributed by atoms with E-state index in [4.69, 9.17) is 0 Å². The van der Waals surface area contributed by atoms with Crippen LogP contribution < -0.4 is 4.90 Å². The largest absolute Gasteiger partial charge is 0.334 e. The van der Waals surface area contributed by atoms with Crippen LogP contribution in [0.25, 0.3) is 0 Å². The van der Waals surface area contributed by atoms with Gasteiger partial charge in [0.05, 0.1) is 30.4 Å². The van der Waals surface area contributed by atoms with E-state index in [0.29, 0.717) is 18.7 Å². The molecule has 0 unspecified atom stereocenters. The van der Waals surface area contributed by atoms with Crippen LogP contribution in [0.2, 0.25) is 0 Å². The SMILES string of the molecule is CN(C)CC(=O)N1CC(F)(F)C[C@@]2(CCN(c3cccnc3)C2=O)C1. The van der Waals surface area contributed by atoms with Gasteiger partial charge in [0.2, 0.25) is 11.8 Å². The average molecular weight is 352 g/mol. The molecule has 0 radical (unpaired) electrons. The molecule has 0 N–H and O–H groups in total. The average Bonchev–Trinajstić information content (AvgIpc) is 2.82. The molecule has 1 atom stereocenters. The zero-order valence-electron chi connectivity index (χ0n) is 14.4. The van der Waals surface area contributed by atoms with Gasteiger partial charge in [0.15, 0.2) is 0 Å². The normalized spacial score (nSPS) is 25.9. The van der Waals surface area contributed by atoms with Gasteiger partial charge >= 0.3 is 0 Å². The fourth-order valence-electron chi connectivity index (χ4n) is 3.75. The van der Waals surface area contributed by atoms with Crippen molar-refractivity contribution in [1.29, 1.82) is 0 Å². The maximum absolute atomic E-state index is 14.4. The standard InChI is InChI=1S/C17H22F2N4O2/c1-21(2)9-14(24)22-11-16(10-17(18,19)12-22)5-7-23(15(16)25)13-4-3-6-20-8-13/h3-4,6,8H,5,7,9-12H2,1-2H3/t16-/m0/s1. The number of piperidine rings is 1. The molecule has 2 saturated heterocycles. The van der Waals surface area contributed by atoms with Crippen LogP contribution in [0.1, 0.15) is 12.8 Å². The van der Waals surface area contributed by atoms with Gasteiger partial charge in [-0.25, -0.2) is 8.78 Å². The van der Waals surface area contributed by atoms with Crippen LogP contribution >= 0.6 is 0 Å². The third-order valence-electron chi connectivity index (χ3n) is 4.79. The Morgan fingerprint density at radius 1 is 1.36 bits per heavy atom. The second-order valence-electron chi connectivity index (χ2n) is 7.22. The summed E-state index contributed by atoms with van der Waals surface area (Å²) in [5.74, 6) is -3.79. The highest BCUT2D eigenvalue weighted by molar-refractivity contribution is 6.00. The van der Waals surface area contributed by atoms with Crippen molar-refractivity contribution in [1.82, 2.24) is 14.8 Å². The highest BCUT2D eigenvalue weighted by atomic mass is 19.3. The summed E-state index contributed by atoms with van der Waals surface area (Å²) in [6, 6.07) is 3.44. The van der Waals surface area contributed by atoms with Gasteiger partial charge in [0.1, 0.15) is 0 Å². The van der Waals surface area contributed by atoms with Gasteiger partial charge in [0.25, 0.3) is 5.92 Å². The number of alkyl halides is 2. The van der Waals surface area contributed by atoms with Gasteiger partial charge < -0.3 is 14.7 Å². The van der Waals surface area contributed by atoms with Gasteiger partial charge in [0, 0.05) is 25.7 Å². The third kappa shape index (κ3) is 3.49. The molecule has 1 aromatic rings. The predicted octanol–water partition coefficient (Wildman–Crippen LogP) is 1.23. The van der Waals surface area contributed by atoms with Gasteiger partial charge in [-0.2, -0.15) is 0 Å². The Morgan fingerprint density at radius 3 is 2.76 bits per heavy atom. The molecule has 0 bridgehead atoms.